The molecule has 1 aromatic heterocycles. The van der Waals surface area contributed by atoms with Crippen LogP contribution < -0.4 is 14.8 Å². The van der Waals surface area contributed by atoms with E-state index in [1.807, 2.05) is 12.1 Å². The Bertz CT molecular complexity index is 661. The number of fused-ring (bicyclic) bond motifs is 1. The highest BCUT2D eigenvalue weighted by Crippen LogP contribution is 2.35. The number of carbonyl (C=O) groups is 1. The average molecular weight is 349 g/mol. The lowest BCUT2D eigenvalue weighted by Crippen LogP contribution is -2.24. The number of benzene rings is 1. The van der Waals surface area contributed by atoms with Crippen LogP contribution in [-0.4, -0.2) is 24.1 Å². The highest BCUT2D eigenvalue weighted by Gasteiger charge is 2.18. The SMILES string of the molecule is O=C(NCc1cccnc1)c1cc2c(cc1Br)OCCO2. The van der Waals surface area contributed by atoms with Crippen molar-refractivity contribution in [2.75, 3.05) is 13.2 Å². The smallest absolute Gasteiger partial charge is 0.252 e. The summed E-state index contributed by atoms with van der Waals surface area (Å²) < 4.78 is 11.6. The summed E-state index contributed by atoms with van der Waals surface area (Å²) in [5.41, 5.74) is 1.46. The molecule has 0 unspecified atom stereocenters. The van der Waals surface area contributed by atoms with Gasteiger partial charge in [-0.1, -0.05) is 6.07 Å². The Labute approximate surface area is 130 Å². The van der Waals surface area contributed by atoms with E-state index in [0.29, 0.717) is 41.3 Å². The molecule has 0 spiro atoms. The fourth-order valence-electron chi connectivity index (χ4n) is 2.02. The van der Waals surface area contributed by atoms with Crippen LogP contribution in [0.15, 0.2) is 41.1 Å². The van der Waals surface area contributed by atoms with E-state index in [2.05, 4.69) is 26.2 Å². The van der Waals surface area contributed by atoms with Gasteiger partial charge in [-0.3, -0.25) is 9.78 Å². The van der Waals surface area contributed by atoms with Gasteiger partial charge in [0, 0.05) is 23.4 Å². The maximum absolute atomic E-state index is 12.3. The molecular weight excluding hydrogens is 336 g/mol. The summed E-state index contributed by atoms with van der Waals surface area (Å²) in [6, 6.07) is 7.19. The Balaban J connectivity index is 1.75. The van der Waals surface area contributed by atoms with Crippen molar-refractivity contribution >= 4 is 21.8 Å². The zero-order valence-electron chi connectivity index (χ0n) is 11.1. The number of nitrogens with zero attached hydrogens (tertiary/aromatic N) is 1. The number of ether oxygens (including phenoxy) is 2. The highest BCUT2D eigenvalue weighted by molar-refractivity contribution is 9.10. The van der Waals surface area contributed by atoms with Crippen molar-refractivity contribution in [2.24, 2.45) is 0 Å². The van der Waals surface area contributed by atoms with Crippen LogP contribution in [0.4, 0.5) is 0 Å². The molecule has 0 atom stereocenters. The van der Waals surface area contributed by atoms with E-state index in [1.165, 1.54) is 0 Å². The molecule has 2 heterocycles. The lowest BCUT2D eigenvalue weighted by molar-refractivity contribution is 0.0949. The largest absolute Gasteiger partial charge is 0.486 e. The van der Waals surface area contributed by atoms with E-state index in [9.17, 15) is 4.79 Å². The number of rotatable bonds is 3. The second-order valence-corrected chi connectivity index (χ2v) is 5.37. The number of hydrogen-bond acceptors (Lipinski definition) is 4. The van der Waals surface area contributed by atoms with E-state index in [1.54, 1.807) is 24.5 Å². The van der Waals surface area contributed by atoms with Gasteiger partial charge in [-0.05, 0) is 39.7 Å². The summed E-state index contributed by atoms with van der Waals surface area (Å²) in [6.45, 7) is 1.44. The Morgan fingerprint density at radius 1 is 1.29 bits per heavy atom. The van der Waals surface area contributed by atoms with Crippen LogP contribution in [0.5, 0.6) is 11.5 Å². The summed E-state index contributed by atoms with van der Waals surface area (Å²) in [5.74, 6) is 1.07. The van der Waals surface area contributed by atoms with Gasteiger partial charge in [0.15, 0.2) is 11.5 Å². The zero-order valence-corrected chi connectivity index (χ0v) is 12.7. The van der Waals surface area contributed by atoms with Gasteiger partial charge < -0.3 is 14.8 Å². The van der Waals surface area contributed by atoms with Crippen molar-refractivity contribution in [3.05, 3.63) is 52.3 Å². The summed E-state index contributed by atoms with van der Waals surface area (Å²) in [4.78, 5) is 16.3. The lowest BCUT2D eigenvalue weighted by atomic mass is 10.1. The third-order valence-corrected chi connectivity index (χ3v) is 3.71. The van der Waals surface area contributed by atoms with E-state index in [0.717, 1.165) is 5.56 Å². The monoisotopic (exact) mass is 348 g/mol. The molecule has 1 aromatic carbocycles. The predicted molar refractivity (Wildman–Crippen MR) is 80.5 cm³/mol. The highest BCUT2D eigenvalue weighted by atomic mass is 79.9. The normalized spacial score (nSPS) is 12.8. The number of carbonyl (C=O) groups excluding carboxylic acids is 1. The molecule has 0 bridgehead atoms. The van der Waals surface area contributed by atoms with E-state index in [4.69, 9.17) is 9.47 Å². The first kappa shape index (κ1) is 13.9. The molecule has 0 radical (unpaired) electrons. The van der Waals surface area contributed by atoms with Gasteiger partial charge in [0.2, 0.25) is 0 Å². The first-order chi connectivity index (χ1) is 10.2. The fraction of sp³-hybridized carbons (Fsp3) is 0.200. The van der Waals surface area contributed by atoms with Gasteiger partial charge in [0.1, 0.15) is 13.2 Å². The van der Waals surface area contributed by atoms with Gasteiger partial charge in [-0.15, -0.1) is 0 Å². The molecule has 1 N–H and O–H groups in total. The molecule has 0 fully saturated rings. The average Bonchev–Trinajstić information content (AvgIpc) is 2.53. The predicted octanol–water partition coefficient (Wildman–Crippen LogP) is 2.55. The fourth-order valence-corrected chi connectivity index (χ4v) is 2.52. The Morgan fingerprint density at radius 3 is 2.76 bits per heavy atom. The van der Waals surface area contributed by atoms with Crippen LogP contribution in [0.1, 0.15) is 15.9 Å². The molecule has 1 aliphatic rings. The minimum absolute atomic E-state index is 0.178. The Kier molecular flexibility index (Phi) is 4.06. The first-order valence-corrected chi connectivity index (χ1v) is 7.29. The van der Waals surface area contributed by atoms with Crippen LogP contribution in [0.3, 0.4) is 0 Å². The molecule has 0 saturated carbocycles. The molecule has 2 aromatic rings. The number of amides is 1. The van der Waals surface area contributed by atoms with Gasteiger partial charge in [0.05, 0.1) is 5.56 Å². The molecule has 1 aliphatic heterocycles. The van der Waals surface area contributed by atoms with Crippen LogP contribution >= 0.6 is 15.9 Å². The molecule has 5 nitrogen and oxygen atoms in total. The van der Waals surface area contributed by atoms with Crippen molar-refractivity contribution in [2.45, 2.75) is 6.54 Å². The summed E-state index contributed by atoms with van der Waals surface area (Å²) in [7, 11) is 0. The van der Waals surface area contributed by atoms with Crippen molar-refractivity contribution in [1.82, 2.24) is 10.3 Å². The maximum Gasteiger partial charge on any atom is 0.252 e. The molecular formula is C15H13BrN2O3. The topological polar surface area (TPSA) is 60.5 Å². The number of nitrogens with one attached hydrogen (secondary N) is 1. The molecule has 1 amide bonds. The number of aromatic nitrogens is 1. The van der Waals surface area contributed by atoms with E-state index >= 15 is 0 Å². The molecule has 21 heavy (non-hydrogen) atoms. The standard InChI is InChI=1S/C15H13BrN2O3/c16-12-7-14-13(20-4-5-21-14)6-11(12)15(19)18-9-10-2-1-3-17-8-10/h1-3,6-8H,4-5,9H2,(H,18,19). The van der Waals surface area contributed by atoms with Gasteiger partial charge in [-0.2, -0.15) is 0 Å². The van der Waals surface area contributed by atoms with E-state index < -0.39 is 0 Å². The van der Waals surface area contributed by atoms with Crippen LogP contribution in [-0.2, 0) is 6.54 Å². The second-order valence-electron chi connectivity index (χ2n) is 4.52. The van der Waals surface area contributed by atoms with Gasteiger partial charge >= 0.3 is 0 Å². The number of pyridine rings is 1. The minimum Gasteiger partial charge on any atom is -0.486 e. The lowest BCUT2D eigenvalue weighted by Gasteiger charge is -2.19. The zero-order chi connectivity index (χ0) is 14.7. The molecule has 0 saturated heterocycles. The van der Waals surface area contributed by atoms with Crippen molar-refractivity contribution in [1.29, 1.82) is 0 Å². The number of halogens is 1. The molecule has 6 heteroatoms. The third kappa shape index (κ3) is 3.16. The first-order valence-electron chi connectivity index (χ1n) is 6.50. The summed E-state index contributed by atoms with van der Waals surface area (Å²) >= 11 is 3.39. The van der Waals surface area contributed by atoms with Gasteiger partial charge in [0.25, 0.3) is 5.91 Å². The third-order valence-electron chi connectivity index (χ3n) is 3.05. The van der Waals surface area contributed by atoms with Crippen LogP contribution in [0, 0.1) is 0 Å². The summed E-state index contributed by atoms with van der Waals surface area (Å²) in [5, 5.41) is 2.86. The molecule has 3 rings (SSSR count). The minimum atomic E-state index is -0.178. The van der Waals surface area contributed by atoms with Crippen LogP contribution in [0.25, 0.3) is 0 Å². The van der Waals surface area contributed by atoms with E-state index in [-0.39, 0.29) is 5.91 Å². The van der Waals surface area contributed by atoms with Crippen molar-refractivity contribution < 1.29 is 14.3 Å². The maximum atomic E-state index is 12.3. The Hall–Kier alpha value is -2.08. The van der Waals surface area contributed by atoms with Gasteiger partial charge in [-0.25, -0.2) is 0 Å². The molecule has 108 valence electrons. The molecule has 0 aliphatic carbocycles. The quantitative estimate of drug-likeness (QED) is 0.925. The van der Waals surface area contributed by atoms with Crippen molar-refractivity contribution in [3.8, 4) is 11.5 Å². The second kappa shape index (κ2) is 6.13. The van der Waals surface area contributed by atoms with Crippen LogP contribution in [0.2, 0.25) is 0 Å². The summed E-state index contributed by atoms with van der Waals surface area (Å²) in [6.07, 6.45) is 3.42. The van der Waals surface area contributed by atoms with Crippen molar-refractivity contribution in [3.63, 3.8) is 0 Å². The number of hydrogen-bond donors (Lipinski definition) is 1. The Morgan fingerprint density at radius 2 is 2.05 bits per heavy atom.